The first-order valence-corrected chi connectivity index (χ1v) is 7.79. The summed E-state index contributed by atoms with van der Waals surface area (Å²) in [6, 6.07) is 7.73. The van der Waals surface area contributed by atoms with Crippen molar-refractivity contribution in [1.29, 1.82) is 0 Å². The Bertz CT molecular complexity index is 554. The number of likely N-dealkylation sites (N-methyl/N-ethyl adjacent to an activating group) is 1. The van der Waals surface area contributed by atoms with Crippen LogP contribution >= 0.6 is 22.6 Å². The fraction of sp³-hybridized carbons (Fsp3) is 0.429. The van der Waals surface area contributed by atoms with Gasteiger partial charge in [0, 0.05) is 15.7 Å². The van der Waals surface area contributed by atoms with E-state index in [0.717, 1.165) is 28.8 Å². The summed E-state index contributed by atoms with van der Waals surface area (Å²) in [5.41, 5.74) is 7.06. The molecule has 2 aromatic rings. The van der Waals surface area contributed by atoms with Gasteiger partial charge in [-0.25, -0.2) is 0 Å². The fourth-order valence-corrected chi connectivity index (χ4v) is 2.51. The van der Waals surface area contributed by atoms with Gasteiger partial charge in [0.15, 0.2) is 5.82 Å². The van der Waals surface area contributed by atoms with Gasteiger partial charge < -0.3 is 15.2 Å². The summed E-state index contributed by atoms with van der Waals surface area (Å²) in [6.45, 7) is 6.89. The first-order valence-electron chi connectivity index (χ1n) is 6.71. The molecular weight excluding hydrogens is 367 g/mol. The molecule has 1 unspecified atom stereocenters. The van der Waals surface area contributed by atoms with E-state index in [-0.39, 0.29) is 6.04 Å². The molecule has 0 aliphatic carbocycles. The van der Waals surface area contributed by atoms with Crippen molar-refractivity contribution in [3.8, 4) is 11.5 Å². The molecule has 0 amide bonds. The number of rotatable bonds is 6. The van der Waals surface area contributed by atoms with Crippen molar-refractivity contribution in [2.24, 2.45) is 5.73 Å². The lowest BCUT2D eigenvalue weighted by atomic mass is 10.2. The highest BCUT2D eigenvalue weighted by Gasteiger charge is 2.17. The second kappa shape index (κ2) is 7.14. The van der Waals surface area contributed by atoms with Crippen LogP contribution in [0.5, 0.6) is 0 Å². The summed E-state index contributed by atoms with van der Waals surface area (Å²) in [7, 11) is 0. The van der Waals surface area contributed by atoms with E-state index in [0.29, 0.717) is 11.7 Å². The monoisotopic (exact) mass is 386 g/mol. The quantitative estimate of drug-likeness (QED) is 0.774. The Morgan fingerprint density at radius 2 is 2.10 bits per heavy atom. The Morgan fingerprint density at radius 3 is 2.75 bits per heavy atom. The minimum Gasteiger partial charge on any atom is -0.334 e. The van der Waals surface area contributed by atoms with Gasteiger partial charge in [-0.1, -0.05) is 25.1 Å². The van der Waals surface area contributed by atoms with Gasteiger partial charge in [-0.2, -0.15) is 4.98 Å². The Hall–Kier alpha value is -0.990. The molecule has 1 heterocycles. The van der Waals surface area contributed by atoms with Gasteiger partial charge >= 0.3 is 0 Å². The van der Waals surface area contributed by atoms with E-state index in [9.17, 15) is 0 Å². The zero-order chi connectivity index (χ0) is 14.5. The maximum Gasteiger partial charge on any atom is 0.258 e. The summed E-state index contributed by atoms with van der Waals surface area (Å²) < 4.78 is 6.44. The molecule has 2 rings (SSSR count). The predicted molar refractivity (Wildman–Crippen MR) is 87.2 cm³/mol. The van der Waals surface area contributed by atoms with E-state index in [1.807, 2.05) is 24.3 Å². The number of aromatic nitrogens is 2. The predicted octanol–water partition coefficient (Wildman–Crippen LogP) is 2.68. The van der Waals surface area contributed by atoms with Crippen molar-refractivity contribution in [3.05, 3.63) is 33.7 Å². The second-order valence-corrected chi connectivity index (χ2v) is 5.81. The van der Waals surface area contributed by atoms with Gasteiger partial charge in [0.05, 0.1) is 6.04 Å². The number of nitrogens with two attached hydrogens (primary N) is 1. The normalized spacial score (nSPS) is 12.8. The lowest BCUT2D eigenvalue weighted by Gasteiger charge is -2.20. The molecule has 0 bridgehead atoms. The maximum absolute atomic E-state index is 6.14. The molecule has 1 aromatic heterocycles. The SMILES string of the molecule is CCN(CC)CC(N)c1noc(-c2cccc(I)c2)n1. The van der Waals surface area contributed by atoms with Crippen LogP contribution < -0.4 is 5.73 Å². The molecule has 1 atom stereocenters. The smallest absolute Gasteiger partial charge is 0.258 e. The van der Waals surface area contributed by atoms with Crippen LogP contribution in [0.1, 0.15) is 25.7 Å². The molecule has 0 aliphatic rings. The molecule has 5 nitrogen and oxygen atoms in total. The lowest BCUT2D eigenvalue weighted by Crippen LogP contribution is -2.32. The van der Waals surface area contributed by atoms with Gasteiger partial charge in [-0.15, -0.1) is 0 Å². The highest BCUT2D eigenvalue weighted by Crippen LogP contribution is 2.20. The number of benzene rings is 1. The van der Waals surface area contributed by atoms with Crippen LogP contribution in [0.2, 0.25) is 0 Å². The van der Waals surface area contributed by atoms with Crippen molar-refractivity contribution in [3.63, 3.8) is 0 Å². The van der Waals surface area contributed by atoms with Crippen LogP contribution in [0.3, 0.4) is 0 Å². The summed E-state index contributed by atoms with van der Waals surface area (Å²) in [4.78, 5) is 6.65. The zero-order valence-corrected chi connectivity index (χ0v) is 13.9. The number of nitrogens with zero attached hydrogens (tertiary/aromatic N) is 3. The minimum atomic E-state index is -0.227. The molecule has 2 N–H and O–H groups in total. The summed E-state index contributed by atoms with van der Waals surface area (Å²) in [5, 5.41) is 4.00. The van der Waals surface area contributed by atoms with Crippen molar-refractivity contribution < 1.29 is 4.52 Å². The Morgan fingerprint density at radius 1 is 1.35 bits per heavy atom. The van der Waals surface area contributed by atoms with E-state index in [1.165, 1.54) is 0 Å². The number of halogens is 1. The average Bonchev–Trinajstić information content (AvgIpc) is 2.94. The topological polar surface area (TPSA) is 68.2 Å². The zero-order valence-electron chi connectivity index (χ0n) is 11.7. The molecule has 0 aliphatic heterocycles. The summed E-state index contributed by atoms with van der Waals surface area (Å²) >= 11 is 2.26. The third-order valence-corrected chi connectivity index (χ3v) is 3.87. The Kier molecular flexibility index (Phi) is 5.50. The first kappa shape index (κ1) is 15.4. The maximum atomic E-state index is 6.14. The molecule has 0 radical (unpaired) electrons. The highest BCUT2D eigenvalue weighted by atomic mass is 127. The fourth-order valence-electron chi connectivity index (χ4n) is 1.97. The van der Waals surface area contributed by atoms with E-state index in [4.69, 9.17) is 10.3 Å². The van der Waals surface area contributed by atoms with E-state index < -0.39 is 0 Å². The van der Waals surface area contributed by atoms with Crippen LogP contribution in [0.4, 0.5) is 0 Å². The summed E-state index contributed by atoms with van der Waals surface area (Å²) in [5.74, 6) is 1.08. The Labute approximate surface area is 132 Å². The van der Waals surface area contributed by atoms with Gasteiger partial charge in [0.1, 0.15) is 0 Å². The summed E-state index contributed by atoms with van der Waals surface area (Å²) in [6.07, 6.45) is 0. The van der Waals surface area contributed by atoms with Crippen molar-refractivity contribution in [2.45, 2.75) is 19.9 Å². The van der Waals surface area contributed by atoms with E-state index in [2.05, 4.69) is 51.5 Å². The van der Waals surface area contributed by atoms with Crippen LogP contribution in [0.15, 0.2) is 28.8 Å². The molecule has 0 fully saturated rings. The largest absolute Gasteiger partial charge is 0.334 e. The van der Waals surface area contributed by atoms with E-state index in [1.54, 1.807) is 0 Å². The molecule has 6 heteroatoms. The first-order chi connectivity index (χ1) is 9.63. The third-order valence-electron chi connectivity index (χ3n) is 3.19. The molecule has 0 saturated heterocycles. The van der Waals surface area contributed by atoms with Gasteiger partial charge in [0.2, 0.25) is 0 Å². The molecule has 1 aromatic carbocycles. The van der Waals surface area contributed by atoms with Crippen LogP contribution in [-0.4, -0.2) is 34.7 Å². The second-order valence-electron chi connectivity index (χ2n) is 4.56. The van der Waals surface area contributed by atoms with Gasteiger partial charge in [-0.3, -0.25) is 0 Å². The van der Waals surface area contributed by atoms with Crippen molar-refractivity contribution in [1.82, 2.24) is 15.0 Å². The van der Waals surface area contributed by atoms with Crippen molar-refractivity contribution in [2.75, 3.05) is 19.6 Å². The Balaban J connectivity index is 2.12. The molecule has 108 valence electrons. The van der Waals surface area contributed by atoms with Crippen LogP contribution in [-0.2, 0) is 0 Å². The van der Waals surface area contributed by atoms with Crippen LogP contribution in [0, 0.1) is 3.57 Å². The number of hydrogen-bond donors (Lipinski definition) is 1. The van der Waals surface area contributed by atoms with Gasteiger partial charge in [-0.05, 0) is 53.9 Å². The molecule has 20 heavy (non-hydrogen) atoms. The van der Waals surface area contributed by atoms with Crippen molar-refractivity contribution >= 4 is 22.6 Å². The van der Waals surface area contributed by atoms with Crippen LogP contribution in [0.25, 0.3) is 11.5 Å². The molecule has 0 saturated carbocycles. The molecular formula is C14H19IN4O. The third kappa shape index (κ3) is 3.77. The lowest BCUT2D eigenvalue weighted by molar-refractivity contribution is 0.278. The molecule has 0 spiro atoms. The standard InChI is InChI=1S/C14H19IN4O/c1-3-19(4-2)9-12(16)13-17-14(20-18-13)10-6-5-7-11(15)8-10/h5-8,12H,3-4,9,16H2,1-2H3. The van der Waals surface area contributed by atoms with Gasteiger partial charge in [0.25, 0.3) is 5.89 Å². The number of hydrogen-bond acceptors (Lipinski definition) is 5. The highest BCUT2D eigenvalue weighted by molar-refractivity contribution is 14.1. The van der Waals surface area contributed by atoms with E-state index >= 15 is 0 Å². The average molecular weight is 386 g/mol. The minimum absolute atomic E-state index is 0.227.